The number of rotatable bonds is 8. The number of hydrogen-bond donors (Lipinski definition) is 4. The molecule has 0 radical (unpaired) electrons. The Morgan fingerprint density at radius 1 is 1.08 bits per heavy atom. The summed E-state index contributed by atoms with van der Waals surface area (Å²) in [6.07, 6.45) is -3.95. The summed E-state index contributed by atoms with van der Waals surface area (Å²) < 4.78 is 5.58. The Bertz CT molecular complexity index is 596. The molecule has 0 saturated carbocycles. The van der Waals surface area contributed by atoms with Crippen molar-refractivity contribution in [2.75, 3.05) is 33.7 Å². The van der Waals surface area contributed by atoms with Crippen LogP contribution in [0.3, 0.4) is 0 Å². The molecule has 0 bridgehead atoms. The van der Waals surface area contributed by atoms with Crippen molar-refractivity contribution < 1.29 is 24.5 Å². The fourth-order valence-electron chi connectivity index (χ4n) is 2.72. The molecule has 1 aliphatic heterocycles. The predicted molar refractivity (Wildman–Crippen MR) is 95.6 cm³/mol. The number of nitrogens with one attached hydrogen (secondary N) is 2. The molecule has 1 aliphatic rings. The number of ether oxygens (including phenoxy) is 1. The van der Waals surface area contributed by atoms with Crippen molar-refractivity contribution in [2.24, 2.45) is 0 Å². The summed E-state index contributed by atoms with van der Waals surface area (Å²) >= 11 is 0. The van der Waals surface area contributed by atoms with Gasteiger partial charge in [0.1, 0.15) is 18.3 Å². The first-order valence-corrected chi connectivity index (χ1v) is 8.64. The van der Waals surface area contributed by atoms with Crippen LogP contribution in [-0.2, 0) is 9.53 Å². The molecule has 4 N–H and O–H groups in total. The van der Waals surface area contributed by atoms with Crippen LogP contribution in [0.25, 0.3) is 0 Å². The molecule has 8 nitrogen and oxygen atoms in total. The van der Waals surface area contributed by atoms with E-state index in [-0.39, 0.29) is 24.8 Å². The standard InChI is InChI=1S/C18H27N3O5/c1-21(2)9-8-19-15(22)10-13-16(23)17(24)14(26-13)11-20-18(25)12-6-4-3-5-7-12/h3-7,13-14,16-17,23-24H,8-11H2,1-2H3,(H,19,22)(H,20,25)/t13-,14+,16-,17+/m0/s1. The molecule has 0 unspecified atom stereocenters. The minimum atomic E-state index is -1.17. The van der Waals surface area contributed by atoms with Crippen LogP contribution < -0.4 is 10.6 Å². The third kappa shape index (κ3) is 5.77. The molecular formula is C18H27N3O5. The maximum atomic E-state index is 12.0. The zero-order valence-electron chi connectivity index (χ0n) is 15.1. The topological polar surface area (TPSA) is 111 Å². The third-order valence-corrected chi connectivity index (χ3v) is 4.23. The lowest BCUT2D eigenvalue weighted by atomic mass is 10.1. The largest absolute Gasteiger partial charge is 0.388 e. The summed E-state index contributed by atoms with van der Waals surface area (Å²) in [6, 6.07) is 8.67. The van der Waals surface area contributed by atoms with E-state index in [1.54, 1.807) is 24.3 Å². The number of nitrogens with zero attached hydrogens (tertiary/aromatic N) is 1. The second-order valence-corrected chi connectivity index (χ2v) is 6.63. The van der Waals surface area contributed by atoms with Gasteiger partial charge < -0.3 is 30.5 Å². The van der Waals surface area contributed by atoms with Gasteiger partial charge in [-0.3, -0.25) is 9.59 Å². The molecule has 1 aromatic carbocycles. The van der Waals surface area contributed by atoms with Crippen LogP contribution in [-0.4, -0.2) is 85.1 Å². The van der Waals surface area contributed by atoms with Crippen LogP contribution in [0.5, 0.6) is 0 Å². The molecule has 0 aromatic heterocycles. The zero-order chi connectivity index (χ0) is 19.1. The van der Waals surface area contributed by atoms with Crippen molar-refractivity contribution in [1.29, 1.82) is 0 Å². The molecule has 0 spiro atoms. The van der Waals surface area contributed by atoms with E-state index in [1.807, 2.05) is 25.1 Å². The Labute approximate surface area is 153 Å². The SMILES string of the molecule is CN(C)CCNC(=O)C[C@@H]1O[C@H](CNC(=O)c2ccccc2)[C@@H](O)[C@H]1O. The molecule has 1 saturated heterocycles. The van der Waals surface area contributed by atoms with Crippen LogP contribution in [0.15, 0.2) is 30.3 Å². The van der Waals surface area contributed by atoms with E-state index in [4.69, 9.17) is 4.74 Å². The maximum absolute atomic E-state index is 12.0. The van der Waals surface area contributed by atoms with Gasteiger partial charge in [0.15, 0.2) is 0 Å². The van der Waals surface area contributed by atoms with Crippen molar-refractivity contribution in [3.05, 3.63) is 35.9 Å². The van der Waals surface area contributed by atoms with Crippen LogP contribution in [0.1, 0.15) is 16.8 Å². The fraction of sp³-hybridized carbons (Fsp3) is 0.556. The average molecular weight is 365 g/mol. The zero-order valence-corrected chi connectivity index (χ0v) is 15.1. The van der Waals surface area contributed by atoms with Crippen LogP contribution >= 0.6 is 0 Å². The van der Waals surface area contributed by atoms with E-state index < -0.39 is 24.4 Å². The summed E-state index contributed by atoms with van der Waals surface area (Å²) in [5.74, 6) is -0.544. The molecule has 2 amide bonds. The molecular weight excluding hydrogens is 338 g/mol. The normalized spacial score (nSPS) is 25.3. The molecule has 0 aliphatic carbocycles. The maximum Gasteiger partial charge on any atom is 0.251 e. The minimum Gasteiger partial charge on any atom is -0.388 e. The number of amides is 2. The number of benzene rings is 1. The van der Waals surface area contributed by atoms with Gasteiger partial charge in [-0.1, -0.05) is 18.2 Å². The number of aliphatic hydroxyl groups is 2. The molecule has 26 heavy (non-hydrogen) atoms. The van der Waals surface area contributed by atoms with E-state index in [9.17, 15) is 19.8 Å². The average Bonchev–Trinajstić information content (AvgIpc) is 2.88. The van der Waals surface area contributed by atoms with Gasteiger partial charge in [-0.05, 0) is 26.2 Å². The van der Waals surface area contributed by atoms with Gasteiger partial charge in [0.2, 0.25) is 5.91 Å². The summed E-state index contributed by atoms with van der Waals surface area (Å²) in [5, 5.41) is 25.6. The van der Waals surface area contributed by atoms with Crippen molar-refractivity contribution in [3.63, 3.8) is 0 Å². The first-order chi connectivity index (χ1) is 12.4. The van der Waals surface area contributed by atoms with E-state index in [0.717, 1.165) is 0 Å². The Morgan fingerprint density at radius 3 is 2.38 bits per heavy atom. The van der Waals surface area contributed by atoms with E-state index in [1.165, 1.54) is 0 Å². The van der Waals surface area contributed by atoms with Crippen LogP contribution in [0, 0.1) is 0 Å². The highest BCUT2D eigenvalue weighted by Gasteiger charge is 2.43. The van der Waals surface area contributed by atoms with Gasteiger partial charge in [0.05, 0.1) is 12.5 Å². The van der Waals surface area contributed by atoms with E-state index in [0.29, 0.717) is 18.7 Å². The highest BCUT2D eigenvalue weighted by Crippen LogP contribution is 2.23. The summed E-state index contributed by atoms with van der Waals surface area (Å²) in [4.78, 5) is 25.9. The van der Waals surface area contributed by atoms with Crippen molar-refractivity contribution >= 4 is 11.8 Å². The third-order valence-electron chi connectivity index (χ3n) is 4.23. The second kappa shape index (κ2) is 9.63. The fourth-order valence-corrected chi connectivity index (χ4v) is 2.72. The highest BCUT2D eigenvalue weighted by molar-refractivity contribution is 5.94. The summed E-state index contributed by atoms with van der Waals surface area (Å²) in [7, 11) is 3.81. The van der Waals surface area contributed by atoms with Gasteiger partial charge in [-0.25, -0.2) is 0 Å². The summed E-state index contributed by atoms with van der Waals surface area (Å²) in [6.45, 7) is 1.25. The first-order valence-electron chi connectivity index (χ1n) is 8.64. The number of carbonyl (C=O) groups is 2. The van der Waals surface area contributed by atoms with Gasteiger partial charge in [-0.15, -0.1) is 0 Å². The Balaban J connectivity index is 1.79. The molecule has 1 fully saturated rings. The molecule has 1 aromatic rings. The molecule has 2 rings (SSSR count). The second-order valence-electron chi connectivity index (χ2n) is 6.63. The summed E-state index contributed by atoms with van der Waals surface area (Å²) in [5.41, 5.74) is 0.498. The van der Waals surface area contributed by atoms with Crippen molar-refractivity contribution in [1.82, 2.24) is 15.5 Å². The predicted octanol–water partition coefficient (Wildman–Crippen LogP) is -1.03. The molecule has 4 atom stereocenters. The van der Waals surface area contributed by atoms with Crippen molar-refractivity contribution in [2.45, 2.75) is 30.8 Å². The Kier molecular flexibility index (Phi) is 7.52. The Hall–Kier alpha value is -2.00. The van der Waals surface area contributed by atoms with Crippen LogP contribution in [0.2, 0.25) is 0 Å². The number of aliphatic hydroxyl groups excluding tert-OH is 2. The lowest BCUT2D eigenvalue weighted by molar-refractivity contribution is -0.125. The lowest BCUT2D eigenvalue weighted by Gasteiger charge is -2.15. The van der Waals surface area contributed by atoms with Gasteiger partial charge in [0.25, 0.3) is 5.91 Å². The van der Waals surface area contributed by atoms with Crippen molar-refractivity contribution in [3.8, 4) is 0 Å². The lowest BCUT2D eigenvalue weighted by Crippen LogP contribution is -2.40. The smallest absolute Gasteiger partial charge is 0.251 e. The molecule has 1 heterocycles. The van der Waals surface area contributed by atoms with Gasteiger partial charge in [-0.2, -0.15) is 0 Å². The molecule has 144 valence electrons. The monoisotopic (exact) mass is 365 g/mol. The van der Waals surface area contributed by atoms with E-state index in [2.05, 4.69) is 10.6 Å². The number of likely N-dealkylation sites (N-methyl/N-ethyl adjacent to an activating group) is 1. The molecule has 8 heteroatoms. The van der Waals surface area contributed by atoms with Crippen LogP contribution in [0.4, 0.5) is 0 Å². The first kappa shape index (κ1) is 20.3. The Morgan fingerprint density at radius 2 is 1.73 bits per heavy atom. The van der Waals surface area contributed by atoms with Gasteiger partial charge in [0, 0.05) is 25.2 Å². The van der Waals surface area contributed by atoms with Gasteiger partial charge >= 0.3 is 0 Å². The minimum absolute atomic E-state index is 0.0463. The number of hydrogen-bond acceptors (Lipinski definition) is 6. The quantitative estimate of drug-likeness (QED) is 0.469. The highest BCUT2D eigenvalue weighted by atomic mass is 16.5. The number of carbonyl (C=O) groups excluding carboxylic acids is 2. The van der Waals surface area contributed by atoms with E-state index >= 15 is 0 Å².